The zero-order valence-corrected chi connectivity index (χ0v) is 19.1. The molecule has 2 aromatic carbocycles. The van der Waals surface area contributed by atoms with Gasteiger partial charge in [0.1, 0.15) is 5.76 Å². The van der Waals surface area contributed by atoms with Crippen LogP contribution in [-0.2, 0) is 13.0 Å². The Morgan fingerprint density at radius 2 is 1.82 bits per heavy atom. The van der Waals surface area contributed by atoms with Crippen LogP contribution in [-0.4, -0.2) is 24.3 Å². The highest BCUT2D eigenvalue weighted by Crippen LogP contribution is 2.33. The van der Waals surface area contributed by atoms with E-state index in [1.165, 1.54) is 0 Å². The highest BCUT2D eigenvalue weighted by Gasteiger charge is 2.28. The van der Waals surface area contributed by atoms with E-state index in [1.807, 2.05) is 50.2 Å². The van der Waals surface area contributed by atoms with Crippen molar-refractivity contribution in [1.29, 1.82) is 0 Å². The fourth-order valence-electron chi connectivity index (χ4n) is 4.32. The van der Waals surface area contributed by atoms with E-state index in [9.17, 15) is 9.59 Å². The number of carbonyl (C=O) groups is 2. The molecular formula is C26H25N3O5. The first-order chi connectivity index (χ1) is 16.5. The van der Waals surface area contributed by atoms with Gasteiger partial charge in [-0.05, 0) is 56.0 Å². The Morgan fingerprint density at radius 3 is 2.68 bits per heavy atom. The van der Waals surface area contributed by atoms with E-state index in [1.54, 1.807) is 6.07 Å². The molecule has 0 spiro atoms. The Kier molecular flexibility index (Phi) is 5.79. The van der Waals surface area contributed by atoms with E-state index in [2.05, 4.69) is 15.8 Å². The zero-order chi connectivity index (χ0) is 23.7. The van der Waals surface area contributed by atoms with E-state index in [-0.39, 0.29) is 24.4 Å². The first-order valence-corrected chi connectivity index (χ1v) is 11.2. The summed E-state index contributed by atoms with van der Waals surface area (Å²) in [6.07, 6.45) is 2.24. The number of nitrogens with zero attached hydrogens (tertiary/aromatic N) is 1. The summed E-state index contributed by atoms with van der Waals surface area (Å²) < 4.78 is 16.7. The molecule has 2 amide bonds. The topological polar surface area (TPSA) is 102 Å². The molecule has 2 aliphatic rings. The number of nitrogens with one attached hydrogen (secondary N) is 2. The van der Waals surface area contributed by atoms with Crippen LogP contribution < -0.4 is 20.2 Å². The summed E-state index contributed by atoms with van der Waals surface area (Å²) in [5, 5.41) is 7.31. The van der Waals surface area contributed by atoms with E-state index < -0.39 is 0 Å². The zero-order valence-electron chi connectivity index (χ0n) is 19.1. The summed E-state index contributed by atoms with van der Waals surface area (Å²) in [7, 11) is 0. The summed E-state index contributed by atoms with van der Waals surface area (Å²) in [5.41, 5.74) is 7.28. The number of ether oxygens (including phenoxy) is 2. The molecule has 0 unspecified atom stereocenters. The lowest BCUT2D eigenvalue weighted by Gasteiger charge is -2.13. The number of aryl methyl sites for hydroxylation is 2. The van der Waals surface area contributed by atoms with Gasteiger partial charge >= 0.3 is 0 Å². The summed E-state index contributed by atoms with van der Waals surface area (Å²) >= 11 is 0. The Morgan fingerprint density at radius 1 is 1.00 bits per heavy atom. The molecule has 8 heteroatoms. The van der Waals surface area contributed by atoms with E-state index in [0.29, 0.717) is 30.0 Å². The second-order valence-electron chi connectivity index (χ2n) is 8.39. The van der Waals surface area contributed by atoms with Gasteiger partial charge in [-0.1, -0.05) is 24.3 Å². The van der Waals surface area contributed by atoms with Crippen molar-refractivity contribution in [1.82, 2.24) is 10.7 Å². The van der Waals surface area contributed by atoms with E-state index >= 15 is 0 Å². The number of carbonyl (C=O) groups excluding carboxylic acids is 2. The third-order valence-corrected chi connectivity index (χ3v) is 6.10. The van der Waals surface area contributed by atoms with Gasteiger partial charge in [-0.25, -0.2) is 5.43 Å². The SMILES string of the molecule is Cc1ccccc1C(=O)N/N=C1\CCCc2oc(C(=O)NCc3ccc4c(c3)OCO4)c(C)c21. The molecule has 0 saturated carbocycles. The standard InChI is InChI=1S/C26H25N3O5/c1-15-6-3-4-7-18(15)25(30)29-28-19-8-5-9-21-23(19)16(2)24(34-21)26(31)27-13-17-10-11-20-22(12-17)33-14-32-20/h3-4,6-7,10-12H,5,8-9,13-14H2,1-2H3,(H,27,31)(H,29,30)/b28-19+. The molecule has 0 bridgehead atoms. The largest absolute Gasteiger partial charge is 0.455 e. The molecule has 2 N–H and O–H groups in total. The van der Waals surface area contributed by atoms with Crippen molar-refractivity contribution in [2.24, 2.45) is 5.10 Å². The molecule has 34 heavy (non-hydrogen) atoms. The predicted octanol–water partition coefficient (Wildman–Crippen LogP) is 4.03. The maximum atomic E-state index is 12.9. The van der Waals surface area contributed by atoms with Gasteiger partial charge in [-0.3, -0.25) is 9.59 Å². The minimum Gasteiger partial charge on any atom is -0.455 e. The van der Waals surface area contributed by atoms with Crippen molar-refractivity contribution in [3.63, 3.8) is 0 Å². The lowest BCUT2D eigenvalue weighted by atomic mass is 9.93. The summed E-state index contributed by atoms with van der Waals surface area (Å²) in [5.74, 6) is 1.80. The molecule has 0 saturated heterocycles. The third kappa shape index (κ3) is 4.14. The molecule has 0 radical (unpaired) electrons. The fourth-order valence-corrected chi connectivity index (χ4v) is 4.32. The van der Waals surface area contributed by atoms with E-state index in [0.717, 1.165) is 46.6 Å². The van der Waals surface area contributed by atoms with Crippen LogP contribution in [0, 0.1) is 13.8 Å². The second-order valence-corrected chi connectivity index (χ2v) is 8.39. The Labute approximate surface area is 196 Å². The molecule has 1 aliphatic heterocycles. The van der Waals surface area contributed by atoms with Crippen LogP contribution in [0.3, 0.4) is 0 Å². The van der Waals surface area contributed by atoms with Gasteiger partial charge in [0.2, 0.25) is 6.79 Å². The lowest BCUT2D eigenvalue weighted by molar-refractivity contribution is 0.0919. The molecule has 1 aliphatic carbocycles. The van der Waals surface area contributed by atoms with E-state index in [4.69, 9.17) is 13.9 Å². The Balaban J connectivity index is 1.31. The number of furan rings is 1. The average molecular weight is 460 g/mol. The highest BCUT2D eigenvalue weighted by molar-refractivity contribution is 6.07. The van der Waals surface area contributed by atoms with Crippen LogP contribution in [0.5, 0.6) is 11.5 Å². The Hall–Kier alpha value is -4.07. The molecule has 3 aromatic rings. The quantitative estimate of drug-likeness (QED) is 0.561. The van der Waals surface area contributed by atoms with Crippen LogP contribution in [0.25, 0.3) is 0 Å². The van der Waals surface area contributed by atoms with Crippen molar-refractivity contribution >= 4 is 17.5 Å². The van der Waals surface area contributed by atoms with Crippen molar-refractivity contribution < 1.29 is 23.5 Å². The second kappa shape index (κ2) is 9.05. The van der Waals surface area contributed by atoms with Crippen molar-refractivity contribution in [2.45, 2.75) is 39.7 Å². The van der Waals surface area contributed by atoms with Gasteiger partial charge < -0.3 is 19.2 Å². The van der Waals surface area contributed by atoms with Crippen molar-refractivity contribution in [2.75, 3.05) is 6.79 Å². The highest BCUT2D eigenvalue weighted by atomic mass is 16.7. The first kappa shape index (κ1) is 21.8. The molecule has 5 rings (SSSR count). The molecule has 1 aromatic heterocycles. The maximum Gasteiger partial charge on any atom is 0.287 e. The maximum absolute atomic E-state index is 12.9. The van der Waals surface area contributed by atoms with Crippen molar-refractivity contribution in [3.8, 4) is 11.5 Å². The van der Waals surface area contributed by atoms with Crippen LogP contribution >= 0.6 is 0 Å². The summed E-state index contributed by atoms with van der Waals surface area (Å²) in [4.78, 5) is 25.5. The monoisotopic (exact) mass is 459 g/mol. The molecule has 0 atom stereocenters. The molecule has 174 valence electrons. The number of benzene rings is 2. The van der Waals surface area contributed by atoms with Crippen LogP contribution in [0.4, 0.5) is 0 Å². The van der Waals surface area contributed by atoms with Crippen LogP contribution in [0.15, 0.2) is 52.0 Å². The van der Waals surface area contributed by atoms with Gasteiger partial charge in [0.15, 0.2) is 17.3 Å². The number of hydrogen-bond acceptors (Lipinski definition) is 6. The third-order valence-electron chi connectivity index (χ3n) is 6.10. The predicted molar refractivity (Wildman–Crippen MR) is 125 cm³/mol. The lowest BCUT2D eigenvalue weighted by Crippen LogP contribution is -2.24. The number of hydrazone groups is 1. The van der Waals surface area contributed by atoms with Gasteiger partial charge in [-0.15, -0.1) is 0 Å². The molecular weight excluding hydrogens is 434 g/mol. The minimum atomic E-state index is -0.298. The van der Waals surface area contributed by atoms with Gasteiger partial charge in [0.25, 0.3) is 11.8 Å². The molecule has 0 fully saturated rings. The molecule has 8 nitrogen and oxygen atoms in total. The first-order valence-electron chi connectivity index (χ1n) is 11.2. The number of hydrogen-bond donors (Lipinski definition) is 2. The summed E-state index contributed by atoms with van der Waals surface area (Å²) in [6, 6.07) is 12.9. The minimum absolute atomic E-state index is 0.206. The van der Waals surface area contributed by atoms with Gasteiger partial charge in [0.05, 0.1) is 5.71 Å². The number of fused-ring (bicyclic) bond motifs is 2. The van der Waals surface area contributed by atoms with Crippen molar-refractivity contribution in [3.05, 3.63) is 81.8 Å². The normalized spacial score (nSPS) is 15.2. The van der Waals surface area contributed by atoms with Crippen LogP contribution in [0.1, 0.15) is 61.8 Å². The smallest absolute Gasteiger partial charge is 0.287 e. The van der Waals surface area contributed by atoms with Gasteiger partial charge in [0, 0.05) is 29.7 Å². The van der Waals surface area contributed by atoms with Gasteiger partial charge in [-0.2, -0.15) is 5.10 Å². The van der Waals surface area contributed by atoms with Crippen LogP contribution in [0.2, 0.25) is 0 Å². The number of amides is 2. The average Bonchev–Trinajstić information content (AvgIpc) is 3.45. The Bertz CT molecular complexity index is 1310. The fraction of sp³-hybridized carbons (Fsp3) is 0.269. The summed E-state index contributed by atoms with van der Waals surface area (Å²) in [6.45, 7) is 4.27. The number of rotatable bonds is 5. The molecule has 2 heterocycles.